The van der Waals surface area contributed by atoms with Crippen LogP contribution in [-0.4, -0.2) is 37.0 Å². The first-order chi connectivity index (χ1) is 13.0. The number of benzene rings is 2. The normalized spacial score (nSPS) is 18.8. The number of aryl methyl sites for hydroxylation is 1. The molecule has 1 saturated heterocycles. The van der Waals surface area contributed by atoms with Gasteiger partial charge in [-0.1, -0.05) is 30.3 Å². The predicted molar refractivity (Wildman–Crippen MR) is 100 cm³/mol. The van der Waals surface area contributed by atoms with Gasteiger partial charge in [0.15, 0.2) is 5.58 Å². The summed E-state index contributed by atoms with van der Waals surface area (Å²) in [6.07, 6.45) is -0.308. The van der Waals surface area contributed by atoms with E-state index in [1.54, 1.807) is 6.07 Å². The Morgan fingerprint density at radius 3 is 2.67 bits per heavy atom. The number of aromatic nitrogens is 1. The molecule has 1 aliphatic heterocycles. The second-order valence-electron chi connectivity index (χ2n) is 6.37. The Morgan fingerprint density at radius 1 is 1.15 bits per heavy atom. The Bertz CT molecular complexity index is 1120. The van der Waals surface area contributed by atoms with Gasteiger partial charge in [-0.2, -0.15) is 4.31 Å². The molecule has 1 aromatic heterocycles. The third-order valence-electron chi connectivity index (χ3n) is 4.79. The molecule has 0 bridgehead atoms. The highest BCUT2D eigenvalue weighted by Crippen LogP contribution is 2.27. The molecule has 4 rings (SSSR count). The van der Waals surface area contributed by atoms with Crippen molar-refractivity contribution in [2.24, 2.45) is 0 Å². The van der Waals surface area contributed by atoms with Crippen molar-refractivity contribution < 1.29 is 17.6 Å². The highest BCUT2D eigenvalue weighted by molar-refractivity contribution is 7.89. The number of fused-ring (bicyclic) bond motifs is 1. The first kappa shape index (κ1) is 18.0. The smallest absolute Gasteiger partial charge is 0.408 e. The van der Waals surface area contributed by atoms with Gasteiger partial charge in [0.05, 0.1) is 23.1 Å². The molecule has 1 atom stereocenters. The average Bonchev–Trinajstić information content (AvgIpc) is 3.02. The van der Waals surface area contributed by atoms with Gasteiger partial charge in [0.2, 0.25) is 10.0 Å². The summed E-state index contributed by atoms with van der Waals surface area (Å²) < 4.78 is 40.1. The van der Waals surface area contributed by atoms with Gasteiger partial charge in [0.1, 0.15) is 0 Å². The number of hydrogen-bond acceptors (Lipinski definition) is 5. The molecule has 2 heterocycles. The van der Waals surface area contributed by atoms with Gasteiger partial charge < -0.3 is 9.15 Å². The number of nitrogens with zero attached hydrogens (tertiary/aromatic N) is 2. The quantitative estimate of drug-likeness (QED) is 0.685. The molecule has 27 heavy (non-hydrogen) atoms. The standard InChI is InChI=1S/C19H20N2O5S/c1-2-21-16-9-8-15(12-17(16)26-19(21)22)27(23,24)20-10-11-25-18(13-20)14-6-4-3-5-7-14/h3-9,12,18H,2,10-11,13H2,1H3. The van der Waals surface area contributed by atoms with E-state index in [0.717, 1.165) is 5.56 Å². The first-order valence-electron chi connectivity index (χ1n) is 8.81. The van der Waals surface area contributed by atoms with Crippen LogP contribution in [0, 0.1) is 0 Å². The fourth-order valence-corrected chi connectivity index (χ4v) is 4.81. The van der Waals surface area contributed by atoms with Crippen molar-refractivity contribution in [2.75, 3.05) is 19.7 Å². The van der Waals surface area contributed by atoms with Crippen LogP contribution in [0.3, 0.4) is 0 Å². The third kappa shape index (κ3) is 3.20. The summed E-state index contributed by atoms with van der Waals surface area (Å²) >= 11 is 0. The van der Waals surface area contributed by atoms with Gasteiger partial charge in [0.25, 0.3) is 0 Å². The number of ether oxygens (including phenoxy) is 1. The van der Waals surface area contributed by atoms with Crippen LogP contribution in [0.4, 0.5) is 0 Å². The molecular weight excluding hydrogens is 368 g/mol. The first-order valence-corrected chi connectivity index (χ1v) is 10.2. The van der Waals surface area contributed by atoms with Crippen LogP contribution >= 0.6 is 0 Å². The topological polar surface area (TPSA) is 81.8 Å². The Labute approximate surface area is 156 Å². The minimum atomic E-state index is -3.72. The highest BCUT2D eigenvalue weighted by Gasteiger charge is 2.32. The summed E-state index contributed by atoms with van der Waals surface area (Å²) in [5, 5.41) is 0. The minimum absolute atomic E-state index is 0.112. The van der Waals surface area contributed by atoms with Gasteiger partial charge >= 0.3 is 5.76 Å². The fourth-order valence-electron chi connectivity index (χ4n) is 3.37. The van der Waals surface area contributed by atoms with Crippen molar-refractivity contribution in [3.05, 3.63) is 64.6 Å². The molecule has 1 unspecified atom stereocenters. The van der Waals surface area contributed by atoms with Gasteiger partial charge in [-0.05, 0) is 24.6 Å². The molecule has 0 saturated carbocycles. The lowest BCUT2D eigenvalue weighted by Crippen LogP contribution is -2.42. The van der Waals surface area contributed by atoms with E-state index >= 15 is 0 Å². The average molecular weight is 388 g/mol. The molecule has 0 amide bonds. The molecule has 0 radical (unpaired) electrons. The van der Waals surface area contributed by atoms with Gasteiger partial charge in [0, 0.05) is 25.7 Å². The Kier molecular flexibility index (Phi) is 4.63. The molecule has 1 aliphatic rings. The van der Waals surface area contributed by atoms with Gasteiger partial charge in [-0.25, -0.2) is 13.2 Å². The zero-order valence-corrected chi connectivity index (χ0v) is 15.7. The Morgan fingerprint density at radius 2 is 1.93 bits per heavy atom. The van der Waals surface area contributed by atoms with E-state index in [-0.39, 0.29) is 29.7 Å². The fraction of sp³-hybridized carbons (Fsp3) is 0.316. The lowest BCUT2D eigenvalue weighted by atomic mass is 10.1. The molecule has 142 valence electrons. The molecular formula is C19H20N2O5S. The van der Waals surface area contributed by atoms with Crippen molar-refractivity contribution in [3.63, 3.8) is 0 Å². The number of sulfonamides is 1. The van der Waals surface area contributed by atoms with E-state index in [1.807, 2.05) is 37.3 Å². The van der Waals surface area contributed by atoms with Crippen molar-refractivity contribution >= 4 is 21.1 Å². The number of oxazole rings is 1. The van der Waals surface area contributed by atoms with Gasteiger partial charge in [-0.15, -0.1) is 0 Å². The van der Waals surface area contributed by atoms with Crippen LogP contribution in [0.15, 0.2) is 62.6 Å². The monoisotopic (exact) mass is 388 g/mol. The highest BCUT2D eigenvalue weighted by atomic mass is 32.2. The van der Waals surface area contributed by atoms with Crippen molar-refractivity contribution in [1.29, 1.82) is 0 Å². The van der Waals surface area contributed by atoms with Crippen LogP contribution in [0.1, 0.15) is 18.6 Å². The van der Waals surface area contributed by atoms with Crippen LogP contribution in [0.25, 0.3) is 11.1 Å². The molecule has 0 N–H and O–H groups in total. The largest absolute Gasteiger partial charge is 0.419 e. The van der Waals surface area contributed by atoms with Crippen LogP contribution in [0.5, 0.6) is 0 Å². The van der Waals surface area contributed by atoms with E-state index in [1.165, 1.54) is 21.0 Å². The SMILES string of the molecule is CCn1c(=O)oc2cc(S(=O)(=O)N3CCOC(c4ccccc4)C3)ccc21. The third-order valence-corrected chi connectivity index (χ3v) is 6.66. The zero-order chi connectivity index (χ0) is 19.0. The van der Waals surface area contributed by atoms with E-state index in [9.17, 15) is 13.2 Å². The number of rotatable bonds is 4. The van der Waals surface area contributed by atoms with E-state index in [2.05, 4.69) is 0 Å². The zero-order valence-electron chi connectivity index (χ0n) is 14.9. The summed E-state index contributed by atoms with van der Waals surface area (Å²) in [6, 6.07) is 14.1. The minimum Gasteiger partial charge on any atom is -0.408 e. The van der Waals surface area contributed by atoms with Crippen molar-refractivity contribution in [1.82, 2.24) is 8.87 Å². The second kappa shape index (κ2) is 6.95. The number of hydrogen-bond donors (Lipinski definition) is 0. The van der Waals surface area contributed by atoms with E-state index in [0.29, 0.717) is 18.7 Å². The number of morpholine rings is 1. The summed E-state index contributed by atoms with van der Waals surface area (Å²) in [5.74, 6) is -0.488. The maximum atomic E-state index is 13.1. The summed E-state index contributed by atoms with van der Waals surface area (Å²) in [7, 11) is -3.72. The van der Waals surface area contributed by atoms with E-state index in [4.69, 9.17) is 9.15 Å². The van der Waals surface area contributed by atoms with Crippen molar-refractivity contribution in [3.8, 4) is 0 Å². The van der Waals surface area contributed by atoms with Crippen molar-refractivity contribution in [2.45, 2.75) is 24.5 Å². The molecule has 0 spiro atoms. The summed E-state index contributed by atoms with van der Waals surface area (Å²) in [4.78, 5) is 12.0. The maximum absolute atomic E-state index is 13.1. The Balaban J connectivity index is 1.66. The molecule has 3 aromatic rings. The second-order valence-corrected chi connectivity index (χ2v) is 8.31. The van der Waals surface area contributed by atoms with Crippen LogP contribution < -0.4 is 5.76 Å². The lowest BCUT2D eigenvalue weighted by molar-refractivity contribution is -0.00255. The van der Waals surface area contributed by atoms with Crippen LogP contribution in [0.2, 0.25) is 0 Å². The molecule has 0 aliphatic carbocycles. The summed E-state index contributed by atoms with van der Waals surface area (Å²) in [5.41, 5.74) is 1.81. The Hall–Kier alpha value is -2.42. The van der Waals surface area contributed by atoms with E-state index < -0.39 is 15.8 Å². The molecule has 1 fully saturated rings. The maximum Gasteiger partial charge on any atom is 0.419 e. The lowest BCUT2D eigenvalue weighted by Gasteiger charge is -2.32. The van der Waals surface area contributed by atoms with Gasteiger partial charge in [-0.3, -0.25) is 4.57 Å². The molecule has 7 nitrogen and oxygen atoms in total. The summed E-state index contributed by atoms with van der Waals surface area (Å²) in [6.45, 7) is 3.13. The molecule has 8 heteroatoms. The predicted octanol–water partition coefficient (Wildman–Crippen LogP) is 2.38. The molecule has 2 aromatic carbocycles. The van der Waals surface area contributed by atoms with Crippen LogP contribution in [-0.2, 0) is 21.3 Å².